The van der Waals surface area contributed by atoms with Crippen LogP contribution in [0.25, 0.3) is 10.9 Å². The van der Waals surface area contributed by atoms with Gasteiger partial charge in [-0.05, 0) is 53.6 Å². The van der Waals surface area contributed by atoms with Crippen LogP contribution in [-0.4, -0.2) is 35.4 Å². The van der Waals surface area contributed by atoms with Gasteiger partial charge in [-0.15, -0.1) is 0 Å². The van der Waals surface area contributed by atoms with Gasteiger partial charge in [0, 0.05) is 40.7 Å². The quantitative estimate of drug-likeness (QED) is 0.296. The second-order valence-corrected chi connectivity index (χ2v) is 8.54. The molecule has 1 heterocycles. The molecule has 0 saturated heterocycles. The third kappa shape index (κ3) is 6.49. The number of aromatic amines is 1. The van der Waals surface area contributed by atoms with Crippen molar-refractivity contribution in [3.8, 4) is 0 Å². The molecule has 4 aromatic rings. The summed E-state index contributed by atoms with van der Waals surface area (Å²) in [5.41, 5.74) is 2.70. The molecule has 0 aliphatic heterocycles. The van der Waals surface area contributed by atoms with Crippen molar-refractivity contribution >= 4 is 40.3 Å². The highest BCUT2D eigenvalue weighted by atomic mass is 35.5. The van der Waals surface area contributed by atoms with Gasteiger partial charge in [0.1, 0.15) is 11.9 Å². The van der Waals surface area contributed by atoms with Crippen LogP contribution in [0.1, 0.15) is 21.5 Å². The molecule has 4 rings (SSSR count). The lowest BCUT2D eigenvalue weighted by molar-refractivity contribution is -0.150. The van der Waals surface area contributed by atoms with E-state index in [-0.39, 0.29) is 18.5 Å². The highest BCUT2D eigenvalue weighted by Crippen LogP contribution is 2.20. The van der Waals surface area contributed by atoms with Gasteiger partial charge in [0.25, 0.3) is 11.8 Å². The zero-order valence-corrected chi connectivity index (χ0v) is 19.8. The summed E-state index contributed by atoms with van der Waals surface area (Å²) in [5, 5.41) is 6.80. The predicted molar refractivity (Wildman–Crippen MR) is 134 cm³/mol. The average molecular weight is 508 g/mol. The van der Waals surface area contributed by atoms with Gasteiger partial charge < -0.3 is 20.4 Å². The van der Waals surface area contributed by atoms with E-state index in [1.807, 2.05) is 24.3 Å². The summed E-state index contributed by atoms with van der Waals surface area (Å²) in [6.07, 6.45) is 1.88. The normalized spacial score (nSPS) is 11.6. The molecule has 3 aromatic carbocycles. The van der Waals surface area contributed by atoms with Gasteiger partial charge in [-0.3, -0.25) is 9.59 Å². The maximum atomic E-state index is 13.3. The minimum Gasteiger partial charge on any atom is -0.454 e. The summed E-state index contributed by atoms with van der Waals surface area (Å²) >= 11 is 5.86. The summed E-state index contributed by atoms with van der Waals surface area (Å²) in [6, 6.07) is 18.4. The molecule has 0 aliphatic rings. The Bertz CT molecular complexity index is 1370. The first-order chi connectivity index (χ1) is 17.4. The Morgan fingerprint density at radius 2 is 1.69 bits per heavy atom. The van der Waals surface area contributed by atoms with E-state index in [2.05, 4.69) is 15.6 Å². The molecule has 9 heteroatoms. The standard InChI is InChI=1S/C27H23ClFN3O4/c28-20-9-5-17(6-10-20)14-31-25(33)16-36-27(35)24(32-26(34)18-7-11-21(29)12-8-18)13-19-15-30-23-4-2-1-3-22(19)23/h1-12,15,24,30H,13-14,16H2,(H,31,33)(H,32,34). The molecular formula is C27H23ClFN3O4. The zero-order chi connectivity index (χ0) is 25.5. The highest BCUT2D eigenvalue weighted by molar-refractivity contribution is 6.30. The van der Waals surface area contributed by atoms with Crippen LogP contribution in [0.15, 0.2) is 79.0 Å². The van der Waals surface area contributed by atoms with E-state index >= 15 is 0 Å². The largest absolute Gasteiger partial charge is 0.454 e. The Morgan fingerprint density at radius 1 is 0.972 bits per heavy atom. The van der Waals surface area contributed by atoms with Gasteiger partial charge in [0.15, 0.2) is 6.61 Å². The fourth-order valence-electron chi connectivity index (χ4n) is 3.65. The Morgan fingerprint density at radius 3 is 2.44 bits per heavy atom. The number of carbonyl (C=O) groups excluding carboxylic acids is 3. The molecular weight excluding hydrogens is 485 g/mol. The Hall–Kier alpha value is -4.17. The molecule has 36 heavy (non-hydrogen) atoms. The van der Waals surface area contributed by atoms with Crippen molar-refractivity contribution < 1.29 is 23.5 Å². The van der Waals surface area contributed by atoms with Gasteiger partial charge >= 0.3 is 5.97 Å². The van der Waals surface area contributed by atoms with Crippen LogP contribution in [0.2, 0.25) is 5.02 Å². The minimum atomic E-state index is -1.08. The molecule has 0 radical (unpaired) electrons. The summed E-state index contributed by atoms with van der Waals surface area (Å²) in [6.45, 7) is -0.267. The first kappa shape index (κ1) is 24.9. The van der Waals surface area contributed by atoms with Crippen LogP contribution < -0.4 is 10.6 Å². The number of para-hydroxylation sites is 1. The second-order valence-electron chi connectivity index (χ2n) is 8.11. The van der Waals surface area contributed by atoms with Crippen molar-refractivity contribution in [3.63, 3.8) is 0 Å². The van der Waals surface area contributed by atoms with E-state index in [0.717, 1.165) is 34.2 Å². The van der Waals surface area contributed by atoms with Crippen LogP contribution in [-0.2, 0) is 27.3 Å². The number of carbonyl (C=O) groups is 3. The lowest BCUT2D eigenvalue weighted by atomic mass is 10.0. The summed E-state index contributed by atoms with van der Waals surface area (Å²) in [4.78, 5) is 41.1. The Labute approximate surface area is 211 Å². The van der Waals surface area contributed by atoms with E-state index in [9.17, 15) is 18.8 Å². The molecule has 0 aliphatic carbocycles. The number of rotatable bonds is 9. The number of benzene rings is 3. The monoisotopic (exact) mass is 507 g/mol. The number of fused-ring (bicyclic) bond motifs is 1. The summed E-state index contributed by atoms with van der Waals surface area (Å²) < 4.78 is 18.5. The summed E-state index contributed by atoms with van der Waals surface area (Å²) in [7, 11) is 0. The van der Waals surface area contributed by atoms with E-state index in [4.69, 9.17) is 16.3 Å². The first-order valence-electron chi connectivity index (χ1n) is 11.2. The predicted octanol–water partition coefficient (Wildman–Crippen LogP) is 4.16. The molecule has 0 saturated carbocycles. The first-order valence-corrected chi connectivity index (χ1v) is 11.6. The fraction of sp³-hybridized carbons (Fsp3) is 0.148. The molecule has 1 unspecified atom stereocenters. The zero-order valence-electron chi connectivity index (χ0n) is 19.1. The van der Waals surface area contributed by atoms with Crippen LogP contribution in [0.3, 0.4) is 0 Å². The van der Waals surface area contributed by atoms with Crippen LogP contribution in [0.4, 0.5) is 4.39 Å². The van der Waals surface area contributed by atoms with E-state index < -0.39 is 36.2 Å². The maximum Gasteiger partial charge on any atom is 0.329 e. The molecule has 3 N–H and O–H groups in total. The Kier molecular flexibility index (Phi) is 7.97. The van der Waals surface area contributed by atoms with Gasteiger partial charge in [-0.2, -0.15) is 0 Å². The maximum absolute atomic E-state index is 13.3. The SMILES string of the molecule is O=C(COC(=O)C(Cc1c[nH]c2ccccc12)NC(=O)c1ccc(F)cc1)NCc1ccc(Cl)cc1. The Balaban J connectivity index is 1.42. The topological polar surface area (TPSA) is 100 Å². The van der Waals surface area contributed by atoms with Crippen molar-refractivity contribution in [1.29, 1.82) is 0 Å². The molecule has 0 bridgehead atoms. The average Bonchev–Trinajstić information content (AvgIpc) is 3.29. The van der Waals surface area contributed by atoms with Gasteiger partial charge in [-0.25, -0.2) is 9.18 Å². The van der Waals surface area contributed by atoms with E-state index in [0.29, 0.717) is 5.02 Å². The lowest BCUT2D eigenvalue weighted by Gasteiger charge is -2.18. The minimum absolute atomic E-state index is 0.127. The van der Waals surface area contributed by atoms with Crippen LogP contribution in [0.5, 0.6) is 0 Å². The number of H-pyrrole nitrogens is 1. The number of esters is 1. The van der Waals surface area contributed by atoms with Crippen molar-refractivity contribution in [1.82, 2.24) is 15.6 Å². The van der Waals surface area contributed by atoms with Gasteiger partial charge in [-0.1, -0.05) is 41.9 Å². The van der Waals surface area contributed by atoms with Crippen molar-refractivity contribution in [2.45, 2.75) is 19.0 Å². The number of amides is 2. The highest BCUT2D eigenvalue weighted by Gasteiger charge is 2.25. The fourth-order valence-corrected chi connectivity index (χ4v) is 3.77. The number of hydrogen-bond acceptors (Lipinski definition) is 4. The number of ether oxygens (including phenoxy) is 1. The van der Waals surface area contributed by atoms with Gasteiger partial charge in [0.05, 0.1) is 0 Å². The number of hydrogen-bond donors (Lipinski definition) is 3. The third-order valence-electron chi connectivity index (χ3n) is 5.54. The van der Waals surface area contributed by atoms with Crippen molar-refractivity contribution in [2.75, 3.05) is 6.61 Å². The van der Waals surface area contributed by atoms with E-state index in [1.54, 1.807) is 30.5 Å². The second kappa shape index (κ2) is 11.5. The molecule has 1 aromatic heterocycles. The molecule has 0 spiro atoms. The van der Waals surface area contributed by atoms with Crippen molar-refractivity contribution in [2.24, 2.45) is 0 Å². The van der Waals surface area contributed by atoms with Crippen LogP contribution in [0, 0.1) is 5.82 Å². The summed E-state index contributed by atoms with van der Waals surface area (Å²) in [5.74, 6) is -2.30. The lowest BCUT2D eigenvalue weighted by Crippen LogP contribution is -2.44. The molecule has 1 atom stereocenters. The van der Waals surface area contributed by atoms with Crippen molar-refractivity contribution in [3.05, 3.63) is 107 Å². The van der Waals surface area contributed by atoms with E-state index in [1.165, 1.54) is 12.1 Å². The number of halogens is 2. The number of aromatic nitrogens is 1. The molecule has 0 fully saturated rings. The molecule has 7 nitrogen and oxygen atoms in total. The van der Waals surface area contributed by atoms with Crippen LogP contribution >= 0.6 is 11.6 Å². The third-order valence-corrected chi connectivity index (χ3v) is 5.80. The smallest absolute Gasteiger partial charge is 0.329 e. The van der Waals surface area contributed by atoms with Gasteiger partial charge in [0.2, 0.25) is 0 Å². The molecule has 184 valence electrons. The molecule has 2 amide bonds. The number of nitrogens with one attached hydrogen (secondary N) is 3.